The highest BCUT2D eigenvalue weighted by molar-refractivity contribution is 7.13. The van der Waals surface area contributed by atoms with Crippen LogP contribution in [-0.2, 0) is 11.3 Å². The molecule has 2 aromatic rings. The van der Waals surface area contributed by atoms with Crippen molar-refractivity contribution in [2.24, 2.45) is 0 Å². The highest BCUT2D eigenvalue weighted by Crippen LogP contribution is 2.20. The van der Waals surface area contributed by atoms with E-state index in [2.05, 4.69) is 45.8 Å². The lowest BCUT2D eigenvalue weighted by Crippen LogP contribution is -2.41. The standard InChI is InChI=1S/C17H27N5OS/c1-7-15(16(23)19-17-18-8-9-24-17)21(6)10-14-12(4)20-22(11(2)3)13(14)5/h8-9,11,15H,7,10H2,1-6H3,(H,18,19,23)/t15-/m1/s1. The SMILES string of the molecule is CC[C@H](C(=O)Nc1nccs1)N(C)Cc1c(C)nn(C(C)C)c1C. The summed E-state index contributed by atoms with van der Waals surface area (Å²) in [6, 6.07) is 0.132. The molecule has 2 heterocycles. The van der Waals surface area contributed by atoms with E-state index < -0.39 is 0 Å². The summed E-state index contributed by atoms with van der Waals surface area (Å²) < 4.78 is 2.05. The van der Waals surface area contributed by atoms with E-state index in [-0.39, 0.29) is 11.9 Å². The second-order valence-electron chi connectivity index (χ2n) is 6.35. The monoisotopic (exact) mass is 349 g/mol. The smallest absolute Gasteiger partial charge is 0.243 e. The number of amides is 1. The quantitative estimate of drug-likeness (QED) is 0.832. The molecule has 2 aromatic heterocycles. The lowest BCUT2D eigenvalue weighted by molar-refractivity contribution is -0.121. The highest BCUT2D eigenvalue weighted by atomic mass is 32.1. The highest BCUT2D eigenvalue weighted by Gasteiger charge is 2.24. The Kier molecular flexibility index (Phi) is 6.12. The topological polar surface area (TPSA) is 63.1 Å². The van der Waals surface area contributed by atoms with Crippen LogP contribution in [0.3, 0.4) is 0 Å². The minimum Gasteiger partial charge on any atom is -0.301 e. The van der Waals surface area contributed by atoms with Gasteiger partial charge in [-0.1, -0.05) is 6.92 Å². The molecular formula is C17H27N5OS. The molecule has 0 radical (unpaired) electrons. The number of rotatable bonds is 7. The predicted octanol–water partition coefficient (Wildman–Crippen LogP) is 3.39. The molecule has 1 N–H and O–H groups in total. The van der Waals surface area contributed by atoms with Gasteiger partial charge in [0.25, 0.3) is 0 Å². The molecule has 0 aliphatic carbocycles. The van der Waals surface area contributed by atoms with Gasteiger partial charge in [-0.05, 0) is 41.2 Å². The Labute approximate surface area is 147 Å². The van der Waals surface area contributed by atoms with Crippen LogP contribution in [0, 0.1) is 13.8 Å². The molecule has 2 rings (SSSR count). The number of anilines is 1. The number of hydrogen-bond acceptors (Lipinski definition) is 5. The maximum Gasteiger partial charge on any atom is 0.243 e. The summed E-state index contributed by atoms with van der Waals surface area (Å²) in [5.41, 5.74) is 3.40. The number of thiazole rings is 1. The Morgan fingerprint density at radius 3 is 2.62 bits per heavy atom. The second kappa shape index (κ2) is 7.90. The van der Waals surface area contributed by atoms with Gasteiger partial charge in [-0.15, -0.1) is 11.3 Å². The fourth-order valence-corrected chi connectivity index (χ4v) is 3.49. The first-order chi connectivity index (χ1) is 11.3. The Hall–Kier alpha value is -1.73. The second-order valence-corrected chi connectivity index (χ2v) is 7.25. The van der Waals surface area contributed by atoms with E-state index in [1.165, 1.54) is 22.6 Å². The van der Waals surface area contributed by atoms with Crippen molar-refractivity contribution in [3.8, 4) is 0 Å². The molecule has 1 amide bonds. The lowest BCUT2D eigenvalue weighted by atomic mass is 10.1. The van der Waals surface area contributed by atoms with E-state index in [4.69, 9.17) is 0 Å². The Bertz CT molecular complexity index is 677. The number of hydrogen-bond donors (Lipinski definition) is 1. The van der Waals surface area contributed by atoms with Crippen LogP contribution in [0.5, 0.6) is 0 Å². The van der Waals surface area contributed by atoms with E-state index in [0.717, 1.165) is 12.1 Å². The number of likely N-dealkylation sites (N-methyl/N-ethyl adjacent to an activating group) is 1. The third kappa shape index (κ3) is 4.02. The number of nitrogens with one attached hydrogen (secondary N) is 1. The molecule has 132 valence electrons. The summed E-state index contributed by atoms with van der Waals surface area (Å²) in [6.07, 6.45) is 2.43. The van der Waals surface area contributed by atoms with Gasteiger partial charge in [-0.2, -0.15) is 5.10 Å². The zero-order valence-electron chi connectivity index (χ0n) is 15.3. The summed E-state index contributed by atoms with van der Waals surface area (Å²) in [5.74, 6) is -0.0125. The minimum absolute atomic E-state index is 0.0125. The van der Waals surface area contributed by atoms with Crippen LogP contribution in [0.25, 0.3) is 0 Å². The summed E-state index contributed by atoms with van der Waals surface area (Å²) >= 11 is 1.43. The number of carbonyl (C=O) groups excluding carboxylic acids is 1. The molecule has 0 aliphatic heterocycles. The first-order valence-corrected chi connectivity index (χ1v) is 9.18. The van der Waals surface area contributed by atoms with E-state index in [9.17, 15) is 4.79 Å². The maximum absolute atomic E-state index is 12.5. The van der Waals surface area contributed by atoms with Crippen LogP contribution in [0.1, 0.15) is 50.2 Å². The van der Waals surface area contributed by atoms with Crippen molar-refractivity contribution >= 4 is 22.4 Å². The third-order valence-corrected chi connectivity index (χ3v) is 4.94. The van der Waals surface area contributed by atoms with Gasteiger partial charge in [-0.3, -0.25) is 14.4 Å². The summed E-state index contributed by atoms with van der Waals surface area (Å²) in [4.78, 5) is 18.8. The molecule has 0 bridgehead atoms. The van der Waals surface area contributed by atoms with Crippen LogP contribution >= 0.6 is 11.3 Å². The molecule has 0 aliphatic rings. The van der Waals surface area contributed by atoms with Crippen molar-refractivity contribution in [3.05, 3.63) is 28.5 Å². The third-order valence-electron chi connectivity index (χ3n) is 4.26. The van der Waals surface area contributed by atoms with Crippen LogP contribution < -0.4 is 5.32 Å². The average Bonchev–Trinajstić information content (AvgIpc) is 3.11. The van der Waals surface area contributed by atoms with Crippen molar-refractivity contribution in [3.63, 3.8) is 0 Å². The Morgan fingerprint density at radius 1 is 1.42 bits per heavy atom. The number of aromatic nitrogens is 3. The van der Waals surface area contributed by atoms with Gasteiger partial charge in [0.1, 0.15) is 0 Å². The summed E-state index contributed by atoms with van der Waals surface area (Å²) in [7, 11) is 1.99. The van der Waals surface area contributed by atoms with Gasteiger partial charge in [0.2, 0.25) is 5.91 Å². The molecule has 6 nitrogen and oxygen atoms in total. The van der Waals surface area contributed by atoms with Crippen molar-refractivity contribution in [1.29, 1.82) is 0 Å². The van der Waals surface area contributed by atoms with Crippen LogP contribution in [0.4, 0.5) is 5.13 Å². The molecule has 24 heavy (non-hydrogen) atoms. The lowest BCUT2D eigenvalue weighted by Gasteiger charge is -2.26. The Balaban J connectivity index is 2.12. The molecule has 0 spiro atoms. The normalized spacial score (nSPS) is 12.8. The van der Waals surface area contributed by atoms with Gasteiger partial charge in [0.15, 0.2) is 5.13 Å². The predicted molar refractivity (Wildman–Crippen MR) is 98.4 cm³/mol. The number of aryl methyl sites for hydroxylation is 1. The maximum atomic E-state index is 12.5. The van der Waals surface area contributed by atoms with Crippen molar-refractivity contribution < 1.29 is 4.79 Å². The first kappa shape index (κ1) is 18.6. The largest absolute Gasteiger partial charge is 0.301 e. The van der Waals surface area contributed by atoms with Gasteiger partial charge < -0.3 is 5.32 Å². The molecule has 0 aromatic carbocycles. The van der Waals surface area contributed by atoms with E-state index in [1.54, 1.807) is 6.20 Å². The van der Waals surface area contributed by atoms with E-state index in [0.29, 0.717) is 17.7 Å². The summed E-state index contributed by atoms with van der Waals surface area (Å²) in [6.45, 7) is 11.1. The van der Waals surface area contributed by atoms with Crippen LogP contribution in [0.15, 0.2) is 11.6 Å². The molecule has 0 saturated carbocycles. The van der Waals surface area contributed by atoms with Gasteiger partial charge in [0, 0.05) is 35.4 Å². The van der Waals surface area contributed by atoms with Gasteiger partial charge in [0.05, 0.1) is 11.7 Å². The molecule has 0 saturated heterocycles. The van der Waals surface area contributed by atoms with E-state index >= 15 is 0 Å². The number of nitrogens with zero attached hydrogens (tertiary/aromatic N) is 4. The summed E-state index contributed by atoms with van der Waals surface area (Å²) in [5, 5.41) is 10.0. The van der Waals surface area contributed by atoms with Crippen LogP contribution in [0.2, 0.25) is 0 Å². The van der Waals surface area contributed by atoms with E-state index in [1.807, 2.05) is 26.3 Å². The molecule has 1 atom stereocenters. The Morgan fingerprint density at radius 2 is 2.12 bits per heavy atom. The molecule has 0 unspecified atom stereocenters. The first-order valence-electron chi connectivity index (χ1n) is 8.30. The molecule has 0 fully saturated rings. The van der Waals surface area contributed by atoms with Crippen molar-refractivity contribution in [2.75, 3.05) is 12.4 Å². The molecule has 7 heteroatoms. The van der Waals surface area contributed by atoms with Gasteiger partial charge in [-0.25, -0.2) is 4.98 Å². The number of carbonyl (C=O) groups is 1. The van der Waals surface area contributed by atoms with Crippen molar-refractivity contribution in [1.82, 2.24) is 19.7 Å². The average molecular weight is 350 g/mol. The van der Waals surface area contributed by atoms with Gasteiger partial charge >= 0.3 is 0 Å². The fraction of sp³-hybridized carbons (Fsp3) is 0.588. The zero-order chi connectivity index (χ0) is 17.9. The van der Waals surface area contributed by atoms with Crippen molar-refractivity contribution in [2.45, 2.75) is 59.7 Å². The zero-order valence-corrected chi connectivity index (χ0v) is 16.1. The molecular weight excluding hydrogens is 322 g/mol. The minimum atomic E-state index is -0.199. The van der Waals surface area contributed by atoms with Crippen LogP contribution in [-0.4, -0.2) is 38.7 Å². The fourth-order valence-electron chi connectivity index (χ4n) is 2.96.